The fourth-order valence-electron chi connectivity index (χ4n) is 1.85. The van der Waals surface area contributed by atoms with Crippen LogP contribution in [0.3, 0.4) is 0 Å². The maximum atomic E-state index is 3.43. The van der Waals surface area contributed by atoms with Crippen LogP contribution in [0.4, 0.5) is 0 Å². The number of rotatable bonds is 8. The maximum absolute atomic E-state index is 3.43. The Morgan fingerprint density at radius 1 is 1.44 bits per heavy atom. The highest BCUT2D eigenvalue weighted by Crippen LogP contribution is 2.10. The molecule has 0 spiro atoms. The van der Waals surface area contributed by atoms with E-state index in [0.717, 1.165) is 19.6 Å². The molecule has 1 N–H and O–H groups in total. The first kappa shape index (κ1) is 13.7. The lowest BCUT2D eigenvalue weighted by Gasteiger charge is -2.27. The molecule has 0 aromatic carbocycles. The summed E-state index contributed by atoms with van der Waals surface area (Å²) in [5, 5.41) is 5.59. The van der Waals surface area contributed by atoms with Crippen molar-refractivity contribution < 1.29 is 0 Å². The third-order valence-corrected chi connectivity index (χ3v) is 3.95. The van der Waals surface area contributed by atoms with Crippen LogP contribution in [0.25, 0.3) is 0 Å². The number of thiophene rings is 1. The quantitative estimate of drug-likeness (QED) is 0.751. The summed E-state index contributed by atoms with van der Waals surface area (Å²) in [5.41, 5.74) is 0. The molecule has 0 aliphatic heterocycles. The minimum absolute atomic E-state index is 0.667. The predicted octanol–water partition coefficient (Wildman–Crippen LogP) is 2.61. The Morgan fingerprint density at radius 3 is 2.81 bits per heavy atom. The van der Waals surface area contributed by atoms with Crippen molar-refractivity contribution in [2.45, 2.75) is 32.7 Å². The van der Waals surface area contributed by atoms with E-state index in [9.17, 15) is 0 Å². The second-order valence-corrected chi connectivity index (χ2v) is 5.21. The lowest BCUT2D eigenvalue weighted by atomic mass is 10.2. The lowest BCUT2D eigenvalue weighted by Crippen LogP contribution is -2.40. The molecular weight excluding hydrogens is 216 g/mol. The van der Waals surface area contributed by atoms with Crippen molar-refractivity contribution >= 4 is 11.3 Å². The first-order chi connectivity index (χ1) is 7.77. The minimum atomic E-state index is 0.667. The Balaban J connectivity index is 2.28. The molecule has 0 radical (unpaired) electrons. The van der Waals surface area contributed by atoms with Crippen LogP contribution >= 0.6 is 11.3 Å². The van der Waals surface area contributed by atoms with E-state index < -0.39 is 0 Å². The molecule has 0 fully saturated rings. The smallest absolute Gasteiger partial charge is 0.0215 e. The molecule has 0 aliphatic carbocycles. The standard InChI is InChI=1S/C13H24N2S/c1-4-12(11-14-5-2)15(3)9-8-13-7-6-10-16-13/h6-7,10,12,14H,4-5,8-9,11H2,1-3H3. The van der Waals surface area contributed by atoms with Crippen LogP contribution in [0.2, 0.25) is 0 Å². The summed E-state index contributed by atoms with van der Waals surface area (Å²) < 4.78 is 0. The number of nitrogens with zero attached hydrogens (tertiary/aromatic N) is 1. The number of likely N-dealkylation sites (N-methyl/N-ethyl adjacent to an activating group) is 2. The summed E-state index contributed by atoms with van der Waals surface area (Å²) in [6, 6.07) is 5.03. The van der Waals surface area contributed by atoms with Crippen molar-refractivity contribution in [3.8, 4) is 0 Å². The van der Waals surface area contributed by atoms with Gasteiger partial charge < -0.3 is 10.2 Å². The average Bonchev–Trinajstić information content (AvgIpc) is 2.80. The molecule has 2 nitrogen and oxygen atoms in total. The van der Waals surface area contributed by atoms with E-state index >= 15 is 0 Å². The van der Waals surface area contributed by atoms with Gasteiger partial charge in [0.25, 0.3) is 0 Å². The van der Waals surface area contributed by atoms with Gasteiger partial charge in [0.2, 0.25) is 0 Å². The van der Waals surface area contributed by atoms with Gasteiger partial charge in [-0.2, -0.15) is 0 Å². The molecule has 0 bridgehead atoms. The van der Waals surface area contributed by atoms with Gasteiger partial charge in [0.15, 0.2) is 0 Å². The average molecular weight is 240 g/mol. The van der Waals surface area contributed by atoms with Crippen LogP contribution < -0.4 is 5.32 Å². The zero-order chi connectivity index (χ0) is 11.8. The van der Waals surface area contributed by atoms with Gasteiger partial charge in [0.05, 0.1) is 0 Å². The van der Waals surface area contributed by atoms with E-state index in [1.54, 1.807) is 0 Å². The van der Waals surface area contributed by atoms with Crippen molar-refractivity contribution in [2.75, 3.05) is 26.7 Å². The topological polar surface area (TPSA) is 15.3 Å². The zero-order valence-corrected chi connectivity index (χ0v) is 11.5. The molecule has 92 valence electrons. The Hall–Kier alpha value is -0.380. The second-order valence-electron chi connectivity index (χ2n) is 4.18. The van der Waals surface area contributed by atoms with E-state index in [1.807, 2.05) is 11.3 Å². The van der Waals surface area contributed by atoms with Crippen molar-refractivity contribution in [1.29, 1.82) is 0 Å². The second kappa shape index (κ2) is 7.82. The normalized spacial score (nSPS) is 13.2. The fourth-order valence-corrected chi connectivity index (χ4v) is 2.54. The largest absolute Gasteiger partial charge is 0.315 e. The predicted molar refractivity (Wildman–Crippen MR) is 73.3 cm³/mol. The lowest BCUT2D eigenvalue weighted by molar-refractivity contribution is 0.233. The number of hydrogen-bond donors (Lipinski definition) is 1. The van der Waals surface area contributed by atoms with Gasteiger partial charge in [-0.1, -0.05) is 19.9 Å². The molecule has 0 saturated carbocycles. The van der Waals surface area contributed by atoms with Gasteiger partial charge in [-0.25, -0.2) is 0 Å². The molecule has 1 unspecified atom stereocenters. The molecule has 0 saturated heterocycles. The summed E-state index contributed by atoms with van der Waals surface area (Å²) in [6.07, 6.45) is 2.39. The van der Waals surface area contributed by atoms with Crippen molar-refractivity contribution in [1.82, 2.24) is 10.2 Å². The van der Waals surface area contributed by atoms with Crippen molar-refractivity contribution in [3.05, 3.63) is 22.4 Å². The van der Waals surface area contributed by atoms with Crippen LogP contribution in [0.5, 0.6) is 0 Å². The molecule has 1 aromatic rings. The molecule has 1 aromatic heterocycles. The molecule has 1 rings (SSSR count). The Morgan fingerprint density at radius 2 is 2.25 bits per heavy atom. The molecule has 0 aliphatic rings. The van der Waals surface area contributed by atoms with E-state index in [0.29, 0.717) is 6.04 Å². The summed E-state index contributed by atoms with van der Waals surface area (Å²) in [4.78, 5) is 3.97. The Labute approximate surface area is 104 Å². The summed E-state index contributed by atoms with van der Waals surface area (Å²) >= 11 is 1.86. The van der Waals surface area contributed by atoms with E-state index in [2.05, 4.69) is 48.6 Å². The van der Waals surface area contributed by atoms with Crippen LogP contribution in [0.15, 0.2) is 17.5 Å². The Bertz CT molecular complexity index is 259. The highest BCUT2D eigenvalue weighted by Gasteiger charge is 2.11. The molecule has 1 atom stereocenters. The summed E-state index contributed by atoms with van der Waals surface area (Å²) in [6.45, 7) is 7.76. The fraction of sp³-hybridized carbons (Fsp3) is 0.692. The minimum Gasteiger partial charge on any atom is -0.315 e. The van der Waals surface area contributed by atoms with E-state index in [-0.39, 0.29) is 0 Å². The van der Waals surface area contributed by atoms with Gasteiger partial charge in [-0.15, -0.1) is 11.3 Å². The van der Waals surface area contributed by atoms with Gasteiger partial charge in [0.1, 0.15) is 0 Å². The van der Waals surface area contributed by atoms with Crippen LogP contribution in [-0.4, -0.2) is 37.6 Å². The molecule has 0 amide bonds. The zero-order valence-electron chi connectivity index (χ0n) is 10.7. The summed E-state index contributed by atoms with van der Waals surface area (Å²) in [5.74, 6) is 0. The van der Waals surface area contributed by atoms with Crippen LogP contribution in [0.1, 0.15) is 25.1 Å². The molecule has 16 heavy (non-hydrogen) atoms. The van der Waals surface area contributed by atoms with Crippen LogP contribution in [-0.2, 0) is 6.42 Å². The van der Waals surface area contributed by atoms with Gasteiger partial charge >= 0.3 is 0 Å². The highest BCUT2D eigenvalue weighted by atomic mass is 32.1. The molecule has 3 heteroatoms. The molecular formula is C13H24N2S. The van der Waals surface area contributed by atoms with Crippen molar-refractivity contribution in [3.63, 3.8) is 0 Å². The highest BCUT2D eigenvalue weighted by molar-refractivity contribution is 7.09. The van der Waals surface area contributed by atoms with Crippen molar-refractivity contribution in [2.24, 2.45) is 0 Å². The van der Waals surface area contributed by atoms with E-state index in [1.165, 1.54) is 17.7 Å². The van der Waals surface area contributed by atoms with E-state index in [4.69, 9.17) is 0 Å². The maximum Gasteiger partial charge on any atom is 0.0215 e. The van der Waals surface area contributed by atoms with Gasteiger partial charge in [-0.05, 0) is 37.9 Å². The number of hydrogen-bond acceptors (Lipinski definition) is 3. The number of nitrogens with one attached hydrogen (secondary N) is 1. The third-order valence-electron chi connectivity index (χ3n) is 3.02. The molecule has 1 heterocycles. The first-order valence-corrected chi connectivity index (χ1v) is 7.09. The Kier molecular flexibility index (Phi) is 6.69. The third kappa shape index (κ3) is 4.64. The van der Waals surface area contributed by atoms with Gasteiger partial charge in [-0.3, -0.25) is 0 Å². The SMILES string of the molecule is CCNCC(CC)N(C)CCc1cccs1. The monoisotopic (exact) mass is 240 g/mol. The summed E-state index contributed by atoms with van der Waals surface area (Å²) in [7, 11) is 2.24. The first-order valence-electron chi connectivity index (χ1n) is 6.21. The van der Waals surface area contributed by atoms with Crippen LogP contribution in [0, 0.1) is 0 Å². The van der Waals surface area contributed by atoms with Gasteiger partial charge in [0, 0.05) is 24.0 Å².